The van der Waals surface area contributed by atoms with E-state index in [1.54, 1.807) is 0 Å². The first-order valence-corrected chi connectivity index (χ1v) is 9.15. The molecule has 0 radical (unpaired) electrons. The summed E-state index contributed by atoms with van der Waals surface area (Å²) in [5.41, 5.74) is 2.63. The number of benzene rings is 2. The van der Waals surface area contributed by atoms with Crippen LogP contribution in [0.5, 0.6) is 5.75 Å². The van der Waals surface area contributed by atoms with E-state index in [0.29, 0.717) is 36.1 Å². The second-order valence-electron chi connectivity index (χ2n) is 6.05. The maximum absolute atomic E-state index is 9.02. The number of hydrogen-bond acceptors (Lipinski definition) is 5. The highest BCUT2D eigenvalue weighted by Crippen LogP contribution is 2.23. The molecule has 0 saturated heterocycles. The normalized spacial score (nSPS) is 11.4. The Hall–Kier alpha value is -2.08. The van der Waals surface area contributed by atoms with Crippen LogP contribution in [0.15, 0.2) is 46.9 Å². The zero-order chi connectivity index (χ0) is 18.4. The van der Waals surface area contributed by atoms with Gasteiger partial charge in [0.2, 0.25) is 0 Å². The molecule has 0 saturated carbocycles. The summed E-state index contributed by atoms with van der Waals surface area (Å²) < 4.78 is 11.7. The number of ether oxygens (including phenoxy) is 1. The molecule has 0 fully saturated rings. The van der Waals surface area contributed by atoms with Gasteiger partial charge < -0.3 is 14.3 Å². The lowest BCUT2D eigenvalue weighted by Crippen LogP contribution is -2.30. The van der Waals surface area contributed by atoms with Crippen molar-refractivity contribution in [3.63, 3.8) is 0 Å². The number of hydrogen-bond donors (Lipinski definition) is 1. The predicted molar refractivity (Wildman–Crippen MR) is 103 cm³/mol. The molecule has 1 N–H and O–H groups in total. The number of aliphatic hydroxyl groups is 1. The quantitative estimate of drug-likeness (QED) is 0.618. The zero-order valence-electron chi connectivity index (χ0n) is 14.8. The summed E-state index contributed by atoms with van der Waals surface area (Å²) in [7, 11) is 0. The van der Waals surface area contributed by atoms with E-state index in [0.717, 1.165) is 29.9 Å². The second kappa shape index (κ2) is 9.03. The number of oxazole rings is 1. The predicted octanol–water partition coefficient (Wildman–Crippen LogP) is 3.77. The average Bonchev–Trinajstić information content (AvgIpc) is 3.04. The molecule has 0 spiro atoms. The van der Waals surface area contributed by atoms with Crippen LogP contribution < -0.4 is 4.74 Å². The molecule has 3 aromatic rings. The molecular weight excluding hydrogens is 352 g/mol. The molecule has 138 valence electrons. The Bertz CT molecular complexity index is 833. The highest BCUT2D eigenvalue weighted by molar-refractivity contribution is 6.30. The Balaban J connectivity index is 1.62. The number of halogens is 1. The first-order chi connectivity index (χ1) is 12.7. The number of nitrogens with zero attached hydrogens (tertiary/aromatic N) is 2. The molecule has 1 heterocycles. The van der Waals surface area contributed by atoms with Crippen molar-refractivity contribution >= 4 is 22.7 Å². The fourth-order valence-electron chi connectivity index (χ4n) is 2.76. The van der Waals surface area contributed by atoms with Crippen LogP contribution in [0.25, 0.3) is 11.1 Å². The first-order valence-electron chi connectivity index (χ1n) is 8.78. The highest BCUT2D eigenvalue weighted by Gasteiger charge is 2.09. The summed E-state index contributed by atoms with van der Waals surface area (Å²) in [5, 5.41) is 9.73. The number of aliphatic hydroxyl groups excluding tert-OH is 1. The van der Waals surface area contributed by atoms with Crippen LogP contribution in [0.3, 0.4) is 0 Å². The van der Waals surface area contributed by atoms with Crippen LogP contribution in [-0.4, -0.2) is 47.8 Å². The minimum Gasteiger partial charge on any atom is -0.492 e. The molecule has 3 rings (SSSR count). The van der Waals surface area contributed by atoms with Crippen molar-refractivity contribution in [2.75, 3.05) is 32.8 Å². The molecule has 6 heteroatoms. The largest absolute Gasteiger partial charge is 0.492 e. The molecular formula is C20H23ClN2O3. The molecule has 0 aliphatic heterocycles. The van der Waals surface area contributed by atoms with Crippen molar-refractivity contribution in [3.05, 3.63) is 58.9 Å². The van der Waals surface area contributed by atoms with E-state index in [1.165, 1.54) is 0 Å². The van der Waals surface area contributed by atoms with E-state index in [-0.39, 0.29) is 6.61 Å². The second-order valence-corrected chi connectivity index (χ2v) is 6.48. The summed E-state index contributed by atoms with van der Waals surface area (Å²) in [6.45, 7) is 5.11. The van der Waals surface area contributed by atoms with Crippen LogP contribution in [-0.2, 0) is 6.42 Å². The minimum absolute atomic E-state index is 0.161. The van der Waals surface area contributed by atoms with Crippen LogP contribution in [0.4, 0.5) is 0 Å². The van der Waals surface area contributed by atoms with Gasteiger partial charge in [0.05, 0.1) is 6.61 Å². The van der Waals surface area contributed by atoms with Gasteiger partial charge in [-0.1, -0.05) is 30.7 Å². The van der Waals surface area contributed by atoms with Crippen LogP contribution in [0.2, 0.25) is 5.02 Å². The van der Waals surface area contributed by atoms with Crippen LogP contribution >= 0.6 is 11.6 Å². The summed E-state index contributed by atoms with van der Waals surface area (Å²) in [4.78, 5) is 6.66. The topological polar surface area (TPSA) is 58.7 Å². The van der Waals surface area contributed by atoms with E-state index in [9.17, 15) is 0 Å². The van der Waals surface area contributed by atoms with Crippen molar-refractivity contribution in [3.8, 4) is 5.75 Å². The Morgan fingerprint density at radius 3 is 2.69 bits per heavy atom. The van der Waals surface area contributed by atoms with Crippen molar-refractivity contribution in [1.29, 1.82) is 0 Å². The lowest BCUT2D eigenvalue weighted by Gasteiger charge is -2.18. The van der Waals surface area contributed by atoms with Crippen molar-refractivity contribution in [2.45, 2.75) is 13.3 Å². The van der Waals surface area contributed by atoms with Crippen LogP contribution in [0.1, 0.15) is 18.4 Å². The number of fused-ring (bicyclic) bond motifs is 1. The molecule has 26 heavy (non-hydrogen) atoms. The molecule has 0 bridgehead atoms. The molecule has 0 atom stereocenters. The lowest BCUT2D eigenvalue weighted by molar-refractivity contribution is 0.174. The van der Waals surface area contributed by atoms with E-state index >= 15 is 0 Å². The fourth-order valence-corrected chi connectivity index (χ4v) is 2.88. The van der Waals surface area contributed by atoms with Gasteiger partial charge in [-0.3, -0.25) is 4.90 Å². The van der Waals surface area contributed by atoms with Gasteiger partial charge in [0, 0.05) is 30.6 Å². The maximum atomic E-state index is 9.02. The lowest BCUT2D eigenvalue weighted by atomic mass is 10.1. The molecule has 0 unspecified atom stereocenters. The number of likely N-dealkylation sites (N-methyl/N-ethyl adjacent to an activating group) is 1. The monoisotopic (exact) mass is 374 g/mol. The summed E-state index contributed by atoms with van der Waals surface area (Å²) in [5.74, 6) is 1.42. The molecule has 2 aromatic carbocycles. The Labute approximate surface area is 158 Å². The minimum atomic E-state index is 0.161. The number of aromatic nitrogens is 1. The van der Waals surface area contributed by atoms with E-state index < -0.39 is 0 Å². The molecule has 0 aliphatic rings. The summed E-state index contributed by atoms with van der Waals surface area (Å²) in [6, 6.07) is 13.3. The third-order valence-corrected chi connectivity index (χ3v) is 4.46. The number of rotatable bonds is 9. The molecule has 0 amide bonds. The maximum Gasteiger partial charge on any atom is 0.199 e. The zero-order valence-corrected chi connectivity index (χ0v) is 15.6. The molecule has 0 aliphatic carbocycles. The van der Waals surface area contributed by atoms with Gasteiger partial charge in [-0.25, -0.2) is 4.98 Å². The van der Waals surface area contributed by atoms with E-state index in [2.05, 4.69) is 16.8 Å². The third-order valence-electron chi connectivity index (χ3n) is 4.21. The van der Waals surface area contributed by atoms with Crippen molar-refractivity contribution in [2.24, 2.45) is 0 Å². The Morgan fingerprint density at radius 1 is 1.15 bits per heavy atom. The van der Waals surface area contributed by atoms with Gasteiger partial charge in [0.1, 0.15) is 17.9 Å². The third kappa shape index (κ3) is 4.97. The van der Waals surface area contributed by atoms with E-state index in [1.807, 2.05) is 42.5 Å². The van der Waals surface area contributed by atoms with Crippen LogP contribution in [0, 0.1) is 0 Å². The fraction of sp³-hybridized carbons (Fsp3) is 0.350. The average molecular weight is 375 g/mol. The van der Waals surface area contributed by atoms with Gasteiger partial charge in [-0.05, 0) is 36.4 Å². The van der Waals surface area contributed by atoms with Gasteiger partial charge in [-0.2, -0.15) is 0 Å². The summed E-state index contributed by atoms with van der Waals surface area (Å²) in [6.07, 6.45) is 0.620. The summed E-state index contributed by atoms with van der Waals surface area (Å²) >= 11 is 5.92. The van der Waals surface area contributed by atoms with Crippen molar-refractivity contribution in [1.82, 2.24) is 9.88 Å². The van der Waals surface area contributed by atoms with Gasteiger partial charge in [-0.15, -0.1) is 0 Å². The van der Waals surface area contributed by atoms with Gasteiger partial charge >= 0.3 is 0 Å². The molecule has 5 nitrogen and oxygen atoms in total. The smallest absolute Gasteiger partial charge is 0.199 e. The van der Waals surface area contributed by atoms with Crippen molar-refractivity contribution < 1.29 is 14.3 Å². The Morgan fingerprint density at radius 2 is 1.96 bits per heavy atom. The molecule has 1 aromatic heterocycles. The van der Waals surface area contributed by atoms with Gasteiger partial charge in [0.15, 0.2) is 11.5 Å². The SMILES string of the molecule is CCN(CCO)CCOc1ccc2nc(Cc3ccc(Cl)cc3)oc2c1. The van der Waals surface area contributed by atoms with E-state index in [4.69, 9.17) is 25.9 Å². The highest BCUT2D eigenvalue weighted by atomic mass is 35.5. The van der Waals surface area contributed by atoms with Gasteiger partial charge in [0.25, 0.3) is 0 Å². The Kier molecular flexibility index (Phi) is 6.50. The first kappa shape index (κ1) is 18.7. The standard InChI is InChI=1S/C20H23ClN2O3/c1-2-23(9-11-24)10-12-25-17-7-8-18-19(14-17)26-20(22-18)13-15-3-5-16(21)6-4-15/h3-8,14,24H,2,9-13H2,1H3.